The number of halogens is 2. The fourth-order valence-corrected chi connectivity index (χ4v) is 2.12. The molecule has 0 spiro atoms. The van der Waals surface area contributed by atoms with Crippen molar-refractivity contribution < 1.29 is 4.39 Å². The maximum Gasteiger partial charge on any atom is 0.189 e. The van der Waals surface area contributed by atoms with E-state index in [2.05, 4.69) is 9.97 Å². The number of rotatable bonds is 1. The van der Waals surface area contributed by atoms with Crippen LogP contribution in [0.4, 0.5) is 4.39 Å². The molecule has 78 valence electrons. The van der Waals surface area contributed by atoms with Gasteiger partial charge in [0.05, 0.1) is 0 Å². The van der Waals surface area contributed by atoms with Gasteiger partial charge >= 0.3 is 0 Å². The smallest absolute Gasteiger partial charge is 0.189 e. The first kappa shape index (κ1) is 10.6. The van der Waals surface area contributed by atoms with Gasteiger partial charge in [-0.3, -0.25) is 0 Å². The summed E-state index contributed by atoms with van der Waals surface area (Å²) in [6.07, 6.45) is 1.82. The van der Waals surface area contributed by atoms with Gasteiger partial charge in [-0.1, -0.05) is 29.4 Å². The summed E-state index contributed by atoms with van der Waals surface area (Å²) in [7, 11) is 0. The zero-order valence-electron chi connectivity index (χ0n) is 8.21. The topological polar surface area (TPSA) is 25.8 Å². The van der Waals surface area contributed by atoms with Gasteiger partial charge < -0.3 is 0 Å². The van der Waals surface area contributed by atoms with Crippen LogP contribution in [-0.2, 0) is 0 Å². The SMILES string of the molecule is CSc1nc(Cl)c2c(C)ccc(F)c2n1. The Labute approximate surface area is 95.9 Å². The lowest BCUT2D eigenvalue weighted by Gasteiger charge is -2.05. The quantitative estimate of drug-likeness (QED) is 0.435. The van der Waals surface area contributed by atoms with Crippen LogP contribution in [0.2, 0.25) is 5.15 Å². The van der Waals surface area contributed by atoms with Crippen LogP contribution in [0.25, 0.3) is 10.9 Å². The second-order valence-corrected chi connectivity index (χ2v) is 4.22. The van der Waals surface area contributed by atoms with Gasteiger partial charge in [0.25, 0.3) is 0 Å². The number of hydrogen-bond donors (Lipinski definition) is 0. The zero-order chi connectivity index (χ0) is 11.0. The number of aryl methyl sites for hydroxylation is 1. The van der Waals surface area contributed by atoms with Crippen molar-refractivity contribution in [1.82, 2.24) is 9.97 Å². The number of fused-ring (bicyclic) bond motifs is 1. The molecule has 2 nitrogen and oxygen atoms in total. The molecule has 2 aromatic rings. The summed E-state index contributed by atoms with van der Waals surface area (Å²) >= 11 is 7.33. The minimum atomic E-state index is -0.366. The third kappa shape index (κ3) is 1.79. The summed E-state index contributed by atoms with van der Waals surface area (Å²) in [4.78, 5) is 8.18. The van der Waals surface area contributed by atoms with Crippen LogP contribution < -0.4 is 0 Å². The molecule has 0 amide bonds. The molecule has 5 heteroatoms. The van der Waals surface area contributed by atoms with Crippen LogP contribution in [0.3, 0.4) is 0 Å². The first-order valence-electron chi connectivity index (χ1n) is 4.30. The highest BCUT2D eigenvalue weighted by molar-refractivity contribution is 7.98. The number of thioether (sulfide) groups is 1. The molecule has 0 bridgehead atoms. The van der Waals surface area contributed by atoms with Crippen molar-refractivity contribution in [3.8, 4) is 0 Å². The van der Waals surface area contributed by atoms with Crippen molar-refractivity contribution in [2.45, 2.75) is 12.1 Å². The number of nitrogens with zero attached hydrogens (tertiary/aromatic N) is 2. The summed E-state index contributed by atoms with van der Waals surface area (Å²) < 4.78 is 13.5. The van der Waals surface area contributed by atoms with E-state index in [1.165, 1.54) is 17.8 Å². The molecule has 1 aromatic heterocycles. The lowest BCUT2D eigenvalue weighted by molar-refractivity contribution is 0.634. The van der Waals surface area contributed by atoms with E-state index in [4.69, 9.17) is 11.6 Å². The Hall–Kier alpha value is -0.870. The van der Waals surface area contributed by atoms with E-state index in [1.807, 2.05) is 13.2 Å². The molecule has 0 N–H and O–H groups in total. The van der Waals surface area contributed by atoms with Gasteiger partial charge in [-0.25, -0.2) is 14.4 Å². The van der Waals surface area contributed by atoms with Gasteiger partial charge in [0.15, 0.2) is 5.16 Å². The normalized spacial score (nSPS) is 10.9. The maximum atomic E-state index is 13.5. The minimum absolute atomic E-state index is 0.291. The average Bonchev–Trinajstić information content (AvgIpc) is 2.23. The maximum absolute atomic E-state index is 13.5. The molecule has 0 saturated heterocycles. The molecule has 0 atom stereocenters. The number of hydrogen-bond acceptors (Lipinski definition) is 3. The summed E-state index contributed by atoms with van der Waals surface area (Å²) in [6, 6.07) is 3.07. The Bertz CT molecular complexity index is 530. The first-order chi connectivity index (χ1) is 7.13. The molecule has 0 aliphatic heterocycles. The fraction of sp³-hybridized carbons (Fsp3) is 0.200. The van der Waals surface area contributed by atoms with Crippen molar-refractivity contribution in [3.63, 3.8) is 0 Å². The lowest BCUT2D eigenvalue weighted by atomic mass is 10.1. The number of aromatic nitrogens is 2. The van der Waals surface area contributed by atoms with Gasteiger partial charge in [0.1, 0.15) is 16.5 Å². The monoisotopic (exact) mass is 242 g/mol. The Balaban J connectivity index is 2.90. The van der Waals surface area contributed by atoms with E-state index in [0.29, 0.717) is 21.2 Å². The molecule has 15 heavy (non-hydrogen) atoms. The van der Waals surface area contributed by atoms with Gasteiger partial charge in [-0.15, -0.1) is 0 Å². The van der Waals surface area contributed by atoms with Gasteiger partial charge in [-0.05, 0) is 24.8 Å². The molecule has 0 unspecified atom stereocenters. The Kier molecular flexibility index (Phi) is 2.80. The van der Waals surface area contributed by atoms with Crippen molar-refractivity contribution in [3.05, 3.63) is 28.7 Å². The van der Waals surface area contributed by atoms with Gasteiger partial charge in [-0.2, -0.15) is 0 Å². The molecule has 0 radical (unpaired) electrons. The third-order valence-electron chi connectivity index (χ3n) is 2.13. The standard InChI is InChI=1S/C10H8ClFN2S/c1-5-3-4-6(12)8-7(5)9(11)14-10(13-8)15-2/h3-4H,1-2H3. The van der Waals surface area contributed by atoms with E-state index in [-0.39, 0.29) is 5.82 Å². The predicted molar refractivity (Wildman–Crippen MR) is 61.0 cm³/mol. The Morgan fingerprint density at radius 1 is 1.33 bits per heavy atom. The lowest BCUT2D eigenvalue weighted by Crippen LogP contribution is -1.94. The van der Waals surface area contributed by atoms with Crippen LogP contribution >= 0.6 is 23.4 Å². The third-order valence-corrected chi connectivity index (χ3v) is 2.95. The highest BCUT2D eigenvalue weighted by Gasteiger charge is 2.11. The molecule has 1 aromatic carbocycles. The van der Waals surface area contributed by atoms with E-state index in [0.717, 1.165) is 5.56 Å². The molecular formula is C10H8ClFN2S. The molecule has 0 saturated carbocycles. The van der Waals surface area contributed by atoms with Crippen molar-refractivity contribution in [1.29, 1.82) is 0 Å². The van der Waals surface area contributed by atoms with E-state index < -0.39 is 0 Å². The largest absolute Gasteiger partial charge is 0.219 e. The molecule has 0 aliphatic rings. The second kappa shape index (κ2) is 3.94. The summed E-state index contributed by atoms with van der Waals surface area (Å²) in [5.41, 5.74) is 1.17. The first-order valence-corrected chi connectivity index (χ1v) is 5.90. The predicted octanol–water partition coefficient (Wildman–Crippen LogP) is 3.45. The molecule has 0 aliphatic carbocycles. The molecular weight excluding hydrogens is 235 g/mol. The fourth-order valence-electron chi connectivity index (χ4n) is 1.39. The zero-order valence-corrected chi connectivity index (χ0v) is 9.79. The highest BCUT2D eigenvalue weighted by Crippen LogP contribution is 2.27. The van der Waals surface area contributed by atoms with Crippen molar-refractivity contribution in [2.75, 3.05) is 6.26 Å². The van der Waals surface area contributed by atoms with Crippen LogP contribution in [0, 0.1) is 12.7 Å². The Morgan fingerprint density at radius 2 is 2.07 bits per heavy atom. The van der Waals surface area contributed by atoms with Crippen molar-refractivity contribution in [2.24, 2.45) is 0 Å². The van der Waals surface area contributed by atoms with Crippen LogP contribution in [0.1, 0.15) is 5.56 Å². The van der Waals surface area contributed by atoms with E-state index in [1.54, 1.807) is 6.07 Å². The van der Waals surface area contributed by atoms with Crippen molar-refractivity contribution >= 4 is 34.3 Å². The van der Waals surface area contributed by atoms with Crippen LogP contribution in [-0.4, -0.2) is 16.2 Å². The Morgan fingerprint density at radius 3 is 2.73 bits per heavy atom. The van der Waals surface area contributed by atoms with Crippen LogP contribution in [0.5, 0.6) is 0 Å². The molecule has 0 fully saturated rings. The van der Waals surface area contributed by atoms with Gasteiger partial charge in [0.2, 0.25) is 0 Å². The molecule has 2 rings (SSSR count). The summed E-state index contributed by atoms with van der Waals surface area (Å²) in [5, 5.41) is 1.38. The van der Waals surface area contributed by atoms with Crippen LogP contribution in [0.15, 0.2) is 17.3 Å². The average molecular weight is 243 g/mol. The minimum Gasteiger partial charge on any atom is -0.219 e. The number of benzene rings is 1. The summed E-state index contributed by atoms with van der Waals surface area (Å²) in [5.74, 6) is -0.366. The second-order valence-electron chi connectivity index (χ2n) is 3.09. The van der Waals surface area contributed by atoms with E-state index in [9.17, 15) is 4.39 Å². The van der Waals surface area contributed by atoms with Gasteiger partial charge in [0, 0.05) is 5.39 Å². The summed E-state index contributed by atoms with van der Waals surface area (Å²) in [6.45, 7) is 1.86. The van der Waals surface area contributed by atoms with E-state index >= 15 is 0 Å². The highest BCUT2D eigenvalue weighted by atomic mass is 35.5. The molecule has 1 heterocycles.